The third-order valence-electron chi connectivity index (χ3n) is 2.06. The van der Waals surface area contributed by atoms with Gasteiger partial charge in [-0.15, -0.1) is 0 Å². The van der Waals surface area contributed by atoms with Crippen molar-refractivity contribution >= 4 is 0 Å². The summed E-state index contributed by atoms with van der Waals surface area (Å²) in [5.74, 6) is 0.999. The standard InChI is InChI=1S/C9H18N4/c1-3-13(2)7-6-10-8-9-11-4-5-12-9/h4-5,10H,3,6-8H2,1-2H3,(H,11,12). The van der Waals surface area contributed by atoms with Crippen LogP contribution in [0.1, 0.15) is 12.7 Å². The Balaban J connectivity index is 2.02. The van der Waals surface area contributed by atoms with Gasteiger partial charge in [-0.05, 0) is 13.6 Å². The number of rotatable bonds is 6. The maximum absolute atomic E-state index is 4.12. The van der Waals surface area contributed by atoms with Crippen molar-refractivity contribution in [3.05, 3.63) is 18.2 Å². The highest BCUT2D eigenvalue weighted by molar-refractivity contribution is 4.85. The summed E-state index contributed by atoms with van der Waals surface area (Å²) in [5, 5.41) is 3.32. The van der Waals surface area contributed by atoms with E-state index in [4.69, 9.17) is 0 Å². The average molecular weight is 182 g/mol. The molecule has 0 spiro atoms. The summed E-state index contributed by atoms with van der Waals surface area (Å²) in [4.78, 5) is 9.45. The molecule has 1 rings (SSSR count). The molecule has 1 aromatic rings. The normalized spacial score (nSPS) is 11.0. The quantitative estimate of drug-likeness (QED) is 0.628. The van der Waals surface area contributed by atoms with E-state index < -0.39 is 0 Å². The first kappa shape index (κ1) is 10.2. The van der Waals surface area contributed by atoms with E-state index in [2.05, 4.69) is 34.2 Å². The van der Waals surface area contributed by atoms with Gasteiger partial charge in [-0.25, -0.2) is 4.98 Å². The van der Waals surface area contributed by atoms with E-state index in [1.807, 2.05) is 6.20 Å². The monoisotopic (exact) mass is 182 g/mol. The molecule has 2 N–H and O–H groups in total. The predicted octanol–water partition coefficient (Wildman–Crippen LogP) is 0.451. The van der Waals surface area contributed by atoms with E-state index in [1.165, 1.54) is 0 Å². The molecule has 0 bridgehead atoms. The van der Waals surface area contributed by atoms with Gasteiger partial charge in [0.15, 0.2) is 0 Å². The van der Waals surface area contributed by atoms with Crippen LogP contribution < -0.4 is 5.32 Å². The first-order chi connectivity index (χ1) is 6.33. The Labute approximate surface area is 79.4 Å². The SMILES string of the molecule is CCN(C)CCNCc1ncc[nH]1. The van der Waals surface area contributed by atoms with Crippen LogP contribution in [0.25, 0.3) is 0 Å². The molecule has 0 fully saturated rings. The number of aromatic amines is 1. The van der Waals surface area contributed by atoms with Gasteiger partial charge in [0.25, 0.3) is 0 Å². The number of hydrogen-bond acceptors (Lipinski definition) is 3. The second-order valence-electron chi connectivity index (χ2n) is 3.11. The maximum Gasteiger partial charge on any atom is 0.120 e. The van der Waals surface area contributed by atoms with Crippen LogP contribution in [0.15, 0.2) is 12.4 Å². The van der Waals surface area contributed by atoms with Gasteiger partial charge in [-0.3, -0.25) is 0 Å². The minimum Gasteiger partial charge on any atom is -0.348 e. The Morgan fingerprint density at radius 1 is 1.62 bits per heavy atom. The van der Waals surface area contributed by atoms with Crippen molar-refractivity contribution in [1.29, 1.82) is 0 Å². The molecular weight excluding hydrogens is 164 g/mol. The molecule has 0 aromatic carbocycles. The van der Waals surface area contributed by atoms with Crippen LogP contribution in [0.4, 0.5) is 0 Å². The van der Waals surface area contributed by atoms with E-state index in [9.17, 15) is 0 Å². The van der Waals surface area contributed by atoms with E-state index >= 15 is 0 Å². The van der Waals surface area contributed by atoms with Crippen molar-refractivity contribution in [2.45, 2.75) is 13.5 Å². The number of imidazole rings is 1. The summed E-state index contributed by atoms with van der Waals surface area (Å²) in [7, 11) is 2.12. The molecule has 1 heterocycles. The van der Waals surface area contributed by atoms with E-state index in [0.29, 0.717) is 0 Å². The van der Waals surface area contributed by atoms with E-state index in [1.54, 1.807) is 6.20 Å². The van der Waals surface area contributed by atoms with Crippen LogP contribution in [-0.4, -0.2) is 41.5 Å². The minimum absolute atomic E-state index is 0.824. The number of likely N-dealkylation sites (N-methyl/N-ethyl adjacent to an activating group) is 1. The van der Waals surface area contributed by atoms with Crippen LogP contribution in [0, 0.1) is 0 Å². The number of nitrogens with one attached hydrogen (secondary N) is 2. The molecule has 0 aliphatic carbocycles. The van der Waals surface area contributed by atoms with Crippen molar-refractivity contribution in [3.63, 3.8) is 0 Å². The Kier molecular flexibility index (Phi) is 4.49. The van der Waals surface area contributed by atoms with Gasteiger partial charge in [0.05, 0.1) is 6.54 Å². The fourth-order valence-electron chi connectivity index (χ4n) is 1.03. The Morgan fingerprint density at radius 2 is 2.46 bits per heavy atom. The van der Waals surface area contributed by atoms with Gasteiger partial charge in [0.2, 0.25) is 0 Å². The summed E-state index contributed by atoms with van der Waals surface area (Å²) in [6.07, 6.45) is 3.62. The lowest BCUT2D eigenvalue weighted by Gasteiger charge is -2.13. The summed E-state index contributed by atoms with van der Waals surface area (Å²) in [6, 6.07) is 0. The number of aromatic nitrogens is 2. The molecule has 0 atom stereocenters. The lowest BCUT2D eigenvalue weighted by Crippen LogP contribution is -2.28. The molecule has 0 amide bonds. The molecule has 0 unspecified atom stereocenters. The molecule has 0 radical (unpaired) electrons. The highest BCUT2D eigenvalue weighted by Crippen LogP contribution is 1.86. The maximum atomic E-state index is 4.12. The van der Waals surface area contributed by atoms with Crippen molar-refractivity contribution in [1.82, 2.24) is 20.2 Å². The lowest BCUT2D eigenvalue weighted by molar-refractivity contribution is 0.348. The molecule has 0 saturated carbocycles. The Hall–Kier alpha value is -0.870. The number of hydrogen-bond donors (Lipinski definition) is 2. The molecule has 74 valence electrons. The molecule has 1 aromatic heterocycles. The zero-order valence-electron chi connectivity index (χ0n) is 8.38. The van der Waals surface area contributed by atoms with Gasteiger partial charge >= 0.3 is 0 Å². The Morgan fingerprint density at radius 3 is 3.08 bits per heavy atom. The average Bonchev–Trinajstić information content (AvgIpc) is 2.64. The molecular formula is C9H18N4. The highest BCUT2D eigenvalue weighted by Gasteiger charge is 1.95. The van der Waals surface area contributed by atoms with Gasteiger partial charge in [-0.2, -0.15) is 0 Å². The highest BCUT2D eigenvalue weighted by atomic mass is 15.1. The molecule has 4 nitrogen and oxygen atoms in total. The van der Waals surface area contributed by atoms with E-state index in [0.717, 1.165) is 32.0 Å². The van der Waals surface area contributed by atoms with Crippen molar-refractivity contribution < 1.29 is 0 Å². The largest absolute Gasteiger partial charge is 0.348 e. The Bertz CT molecular complexity index is 207. The zero-order valence-corrected chi connectivity index (χ0v) is 8.38. The summed E-state index contributed by atoms with van der Waals surface area (Å²) >= 11 is 0. The molecule has 0 aliphatic rings. The summed E-state index contributed by atoms with van der Waals surface area (Å²) < 4.78 is 0. The summed E-state index contributed by atoms with van der Waals surface area (Å²) in [6.45, 7) is 6.17. The molecule has 4 heteroatoms. The second kappa shape index (κ2) is 5.72. The van der Waals surface area contributed by atoms with Crippen LogP contribution in [0.5, 0.6) is 0 Å². The van der Waals surface area contributed by atoms with Crippen molar-refractivity contribution in [2.24, 2.45) is 0 Å². The van der Waals surface area contributed by atoms with Gasteiger partial charge in [0, 0.05) is 25.5 Å². The number of nitrogens with zero attached hydrogens (tertiary/aromatic N) is 2. The second-order valence-corrected chi connectivity index (χ2v) is 3.11. The van der Waals surface area contributed by atoms with Crippen LogP contribution >= 0.6 is 0 Å². The third kappa shape index (κ3) is 4.05. The van der Waals surface area contributed by atoms with Crippen molar-refractivity contribution in [3.8, 4) is 0 Å². The fraction of sp³-hybridized carbons (Fsp3) is 0.667. The first-order valence-electron chi connectivity index (χ1n) is 4.70. The van der Waals surface area contributed by atoms with Gasteiger partial charge in [-0.1, -0.05) is 6.92 Å². The first-order valence-corrected chi connectivity index (χ1v) is 4.70. The smallest absolute Gasteiger partial charge is 0.120 e. The molecule has 0 aliphatic heterocycles. The van der Waals surface area contributed by atoms with Crippen LogP contribution in [0.3, 0.4) is 0 Å². The fourth-order valence-corrected chi connectivity index (χ4v) is 1.03. The minimum atomic E-state index is 0.824. The molecule has 13 heavy (non-hydrogen) atoms. The predicted molar refractivity (Wildman–Crippen MR) is 53.5 cm³/mol. The zero-order chi connectivity index (χ0) is 9.52. The number of H-pyrrole nitrogens is 1. The van der Waals surface area contributed by atoms with Gasteiger partial charge < -0.3 is 15.2 Å². The van der Waals surface area contributed by atoms with E-state index in [-0.39, 0.29) is 0 Å². The summed E-state index contributed by atoms with van der Waals surface area (Å²) in [5.41, 5.74) is 0. The van der Waals surface area contributed by atoms with Crippen LogP contribution in [0.2, 0.25) is 0 Å². The van der Waals surface area contributed by atoms with Gasteiger partial charge in [0.1, 0.15) is 5.82 Å². The third-order valence-corrected chi connectivity index (χ3v) is 2.06. The van der Waals surface area contributed by atoms with Crippen molar-refractivity contribution in [2.75, 3.05) is 26.7 Å². The van der Waals surface area contributed by atoms with Crippen LogP contribution in [-0.2, 0) is 6.54 Å². The topological polar surface area (TPSA) is 44.0 Å². The lowest BCUT2D eigenvalue weighted by atomic mass is 10.5. The molecule has 0 saturated heterocycles.